The average Bonchev–Trinajstić information content (AvgIpc) is 2.99. The number of benzene rings is 4. The first-order valence-electron chi connectivity index (χ1n) is 12.7. The highest BCUT2D eigenvalue weighted by Gasteiger charge is 2.19. The highest BCUT2D eigenvalue weighted by Crippen LogP contribution is 2.26. The van der Waals surface area contributed by atoms with Crippen LogP contribution < -0.4 is 16.0 Å². The van der Waals surface area contributed by atoms with Crippen molar-refractivity contribution in [1.29, 1.82) is 0 Å². The van der Waals surface area contributed by atoms with Crippen LogP contribution in [0.5, 0.6) is 0 Å². The van der Waals surface area contributed by atoms with Gasteiger partial charge in [-0.2, -0.15) is 0 Å². The molecule has 4 aromatic rings. The summed E-state index contributed by atoms with van der Waals surface area (Å²) < 4.78 is 13.1. The number of anilines is 2. The minimum atomic E-state index is -0.690. The number of nitrogens with one attached hydrogen (secondary N) is 3. The zero-order valence-corrected chi connectivity index (χ0v) is 23.1. The van der Waals surface area contributed by atoms with E-state index in [0.29, 0.717) is 16.9 Å². The Kier molecular flexibility index (Phi) is 9.80. The molecule has 0 heterocycles. The van der Waals surface area contributed by atoms with Crippen LogP contribution in [0, 0.1) is 15.9 Å². The van der Waals surface area contributed by atoms with Crippen LogP contribution >= 0.6 is 11.8 Å². The largest absolute Gasteiger partial charge is 0.325 e. The van der Waals surface area contributed by atoms with Crippen LogP contribution in [0.3, 0.4) is 0 Å². The molecule has 1 atom stereocenters. The molecule has 212 valence electrons. The Morgan fingerprint density at radius 1 is 0.833 bits per heavy atom. The summed E-state index contributed by atoms with van der Waals surface area (Å²) in [5, 5.41) is 19.0. The van der Waals surface area contributed by atoms with E-state index in [1.54, 1.807) is 67.6 Å². The lowest BCUT2D eigenvalue weighted by atomic mass is 10.1. The number of nitro benzene ring substituents is 1. The number of para-hydroxylation sites is 1. The van der Waals surface area contributed by atoms with Crippen LogP contribution in [0.2, 0.25) is 0 Å². The summed E-state index contributed by atoms with van der Waals surface area (Å²) >= 11 is 1.29. The van der Waals surface area contributed by atoms with Gasteiger partial charge >= 0.3 is 0 Å². The van der Waals surface area contributed by atoms with Gasteiger partial charge in [-0.1, -0.05) is 30.3 Å². The third-order valence-electron chi connectivity index (χ3n) is 5.87. The molecule has 0 bridgehead atoms. The van der Waals surface area contributed by atoms with E-state index in [9.17, 15) is 28.9 Å². The van der Waals surface area contributed by atoms with Crippen LogP contribution in [0.1, 0.15) is 22.8 Å². The average molecular weight is 585 g/mol. The van der Waals surface area contributed by atoms with E-state index in [1.165, 1.54) is 60.3 Å². The molecule has 0 aliphatic heterocycles. The molecule has 4 rings (SSSR count). The predicted octanol–water partition coefficient (Wildman–Crippen LogP) is 6.26. The minimum Gasteiger partial charge on any atom is -0.325 e. The maximum absolute atomic E-state index is 13.3. The number of rotatable bonds is 10. The molecular formula is C31H25FN4O5S. The van der Waals surface area contributed by atoms with Gasteiger partial charge in [-0.05, 0) is 79.7 Å². The molecule has 4 aromatic carbocycles. The number of amides is 3. The molecule has 11 heteroatoms. The normalized spacial score (nSPS) is 11.7. The number of halogens is 1. The highest BCUT2D eigenvalue weighted by molar-refractivity contribution is 8.00. The standard InChI is InChI=1S/C31H25FN4O5S/c1-20(29(37)33-24-13-11-23(32)12-14-24)42-26-17-15-25(16-18-26)34-31(39)27(35-30(38)21-7-3-2-4-8-21)19-22-9-5-6-10-28(22)36(40)41/h2-20H,1H3,(H,33,37)(H,34,39)(H,35,38)/b27-19-. The van der Waals surface area contributed by atoms with Crippen molar-refractivity contribution in [1.82, 2.24) is 5.32 Å². The molecule has 42 heavy (non-hydrogen) atoms. The lowest BCUT2D eigenvalue weighted by molar-refractivity contribution is -0.385. The van der Waals surface area contributed by atoms with Gasteiger partial charge in [-0.15, -0.1) is 11.8 Å². The van der Waals surface area contributed by atoms with Crippen molar-refractivity contribution in [2.24, 2.45) is 0 Å². The molecule has 1 unspecified atom stereocenters. The Morgan fingerprint density at radius 3 is 2.10 bits per heavy atom. The third-order valence-corrected chi connectivity index (χ3v) is 6.98. The van der Waals surface area contributed by atoms with Crippen molar-refractivity contribution in [3.63, 3.8) is 0 Å². The molecule has 0 fully saturated rings. The fourth-order valence-corrected chi connectivity index (χ4v) is 4.59. The van der Waals surface area contributed by atoms with E-state index in [4.69, 9.17) is 0 Å². The predicted molar refractivity (Wildman–Crippen MR) is 160 cm³/mol. The first kappa shape index (κ1) is 29.7. The smallest absolute Gasteiger partial charge is 0.276 e. The topological polar surface area (TPSA) is 130 Å². The molecule has 0 aliphatic rings. The van der Waals surface area contributed by atoms with Gasteiger partial charge in [0.2, 0.25) is 5.91 Å². The lowest BCUT2D eigenvalue weighted by Crippen LogP contribution is -2.30. The van der Waals surface area contributed by atoms with Crippen LogP contribution in [0.25, 0.3) is 6.08 Å². The Labute approximate surface area is 245 Å². The van der Waals surface area contributed by atoms with E-state index >= 15 is 0 Å². The van der Waals surface area contributed by atoms with E-state index in [-0.39, 0.29) is 22.9 Å². The van der Waals surface area contributed by atoms with E-state index < -0.39 is 27.8 Å². The van der Waals surface area contributed by atoms with Crippen LogP contribution in [0.4, 0.5) is 21.5 Å². The second-order valence-electron chi connectivity index (χ2n) is 8.93. The van der Waals surface area contributed by atoms with Crippen molar-refractivity contribution >= 4 is 52.6 Å². The van der Waals surface area contributed by atoms with Gasteiger partial charge in [-0.3, -0.25) is 24.5 Å². The number of carbonyl (C=O) groups is 3. The summed E-state index contributed by atoms with van der Waals surface area (Å²) in [6, 6.07) is 26.3. The summed E-state index contributed by atoms with van der Waals surface area (Å²) in [5.41, 5.74) is 0.906. The van der Waals surface area contributed by atoms with Gasteiger partial charge in [0.15, 0.2) is 0 Å². The van der Waals surface area contributed by atoms with E-state index in [0.717, 1.165) is 4.90 Å². The number of hydrogen-bond acceptors (Lipinski definition) is 6. The second-order valence-corrected chi connectivity index (χ2v) is 10.3. The maximum Gasteiger partial charge on any atom is 0.276 e. The van der Waals surface area contributed by atoms with Crippen LogP contribution in [-0.2, 0) is 9.59 Å². The zero-order chi connectivity index (χ0) is 30.1. The Bertz CT molecular complexity index is 1630. The van der Waals surface area contributed by atoms with Crippen molar-refractivity contribution in [2.45, 2.75) is 17.1 Å². The number of nitro groups is 1. The molecule has 0 radical (unpaired) electrons. The Morgan fingerprint density at radius 2 is 1.43 bits per heavy atom. The number of thioether (sulfide) groups is 1. The quantitative estimate of drug-likeness (QED) is 0.0873. The SMILES string of the molecule is CC(Sc1ccc(NC(=O)/C(=C/c2ccccc2[N+](=O)[O-])NC(=O)c2ccccc2)cc1)C(=O)Nc1ccc(F)cc1. The summed E-state index contributed by atoms with van der Waals surface area (Å²) in [6.07, 6.45) is 1.25. The summed E-state index contributed by atoms with van der Waals surface area (Å²) in [4.78, 5) is 50.3. The number of carbonyl (C=O) groups excluding carboxylic acids is 3. The first-order chi connectivity index (χ1) is 20.2. The summed E-state index contributed by atoms with van der Waals surface area (Å²) in [7, 11) is 0. The highest BCUT2D eigenvalue weighted by atomic mass is 32.2. The van der Waals surface area contributed by atoms with Crippen molar-refractivity contribution in [2.75, 3.05) is 10.6 Å². The number of nitrogens with zero attached hydrogens (tertiary/aromatic N) is 1. The lowest BCUT2D eigenvalue weighted by Gasteiger charge is -2.13. The fourth-order valence-electron chi connectivity index (χ4n) is 3.72. The van der Waals surface area contributed by atoms with Crippen LogP contribution in [0.15, 0.2) is 114 Å². The van der Waals surface area contributed by atoms with E-state index in [1.807, 2.05) is 0 Å². The molecule has 0 aromatic heterocycles. The van der Waals surface area contributed by atoms with Crippen molar-refractivity contribution in [3.05, 3.63) is 136 Å². The molecule has 0 saturated heterocycles. The molecule has 0 spiro atoms. The number of hydrogen-bond donors (Lipinski definition) is 3. The van der Waals surface area contributed by atoms with Gasteiger partial charge in [0.05, 0.1) is 15.7 Å². The Balaban J connectivity index is 1.47. The molecular weight excluding hydrogens is 559 g/mol. The van der Waals surface area contributed by atoms with Gasteiger partial charge in [-0.25, -0.2) is 4.39 Å². The van der Waals surface area contributed by atoms with Gasteiger partial charge in [0.1, 0.15) is 11.5 Å². The molecule has 3 N–H and O–H groups in total. The molecule has 0 saturated carbocycles. The first-order valence-corrected chi connectivity index (χ1v) is 13.5. The van der Waals surface area contributed by atoms with Gasteiger partial charge in [0.25, 0.3) is 17.5 Å². The van der Waals surface area contributed by atoms with Crippen molar-refractivity contribution < 1.29 is 23.7 Å². The zero-order valence-electron chi connectivity index (χ0n) is 22.2. The Hall–Kier alpha value is -5.29. The molecule has 9 nitrogen and oxygen atoms in total. The van der Waals surface area contributed by atoms with E-state index in [2.05, 4.69) is 16.0 Å². The second kappa shape index (κ2) is 13.9. The maximum atomic E-state index is 13.3. The summed E-state index contributed by atoms with van der Waals surface area (Å²) in [5.74, 6) is -1.91. The summed E-state index contributed by atoms with van der Waals surface area (Å²) in [6.45, 7) is 1.73. The fraction of sp³-hybridized carbons (Fsp3) is 0.0645. The third kappa shape index (κ3) is 8.12. The van der Waals surface area contributed by atoms with Gasteiger partial charge < -0.3 is 16.0 Å². The molecule has 0 aliphatic carbocycles. The van der Waals surface area contributed by atoms with Crippen LogP contribution in [-0.4, -0.2) is 27.9 Å². The monoisotopic (exact) mass is 584 g/mol. The van der Waals surface area contributed by atoms with Gasteiger partial charge in [0, 0.05) is 27.9 Å². The molecule has 3 amide bonds. The minimum absolute atomic E-state index is 0.140. The van der Waals surface area contributed by atoms with Crippen molar-refractivity contribution in [3.8, 4) is 0 Å².